The van der Waals surface area contributed by atoms with E-state index in [1.54, 1.807) is 6.20 Å². The van der Waals surface area contributed by atoms with E-state index in [1.165, 1.54) is 0 Å². The van der Waals surface area contributed by atoms with Crippen LogP contribution in [-0.2, 0) is 6.54 Å². The Labute approximate surface area is 175 Å². The molecule has 0 aliphatic carbocycles. The first-order valence-corrected chi connectivity index (χ1v) is 9.99. The third kappa shape index (κ3) is 4.14. The highest BCUT2D eigenvalue weighted by molar-refractivity contribution is 6.31. The minimum absolute atomic E-state index is 0.0494. The van der Waals surface area contributed by atoms with E-state index in [1.807, 2.05) is 54.6 Å². The van der Waals surface area contributed by atoms with Crippen LogP contribution in [0, 0.1) is 0 Å². The molecule has 0 fully saturated rings. The number of aromatic nitrogens is 1. The van der Waals surface area contributed by atoms with Gasteiger partial charge in [0.2, 0.25) is 0 Å². The van der Waals surface area contributed by atoms with Crippen molar-refractivity contribution in [1.29, 1.82) is 0 Å². The average Bonchev–Trinajstić information content (AvgIpc) is 2.68. The molecule has 1 heterocycles. The van der Waals surface area contributed by atoms with E-state index < -0.39 is 0 Å². The molecular weight excluding hydrogens is 382 g/mol. The van der Waals surface area contributed by atoms with Crippen LogP contribution >= 0.6 is 11.6 Å². The summed E-state index contributed by atoms with van der Waals surface area (Å²) in [4.78, 5) is 4.42. The van der Waals surface area contributed by atoms with Gasteiger partial charge in [-0.1, -0.05) is 35.9 Å². The van der Waals surface area contributed by atoms with Crippen molar-refractivity contribution in [2.45, 2.75) is 32.9 Å². The standard InChI is InChI=1S/C24H24ClN3O/c1-24(2,3)27-14-15-12-22(17-6-4-5-7-18(17)23(15)29)28-20-10-11-26-21-13-16(25)8-9-19(20)21/h4-13,27,29H,14H2,1-3H3,(H,26,28). The molecule has 0 radical (unpaired) electrons. The smallest absolute Gasteiger partial charge is 0.128 e. The maximum absolute atomic E-state index is 10.8. The Balaban J connectivity index is 1.82. The Morgan fingerprint density at radius 2 is 1.69 bits per heavy atom. The van der Waals surface area contributed by atoms with Gasteiger partial charge in [-0.05, 0) is 51.1 Å². The second-order valence-electron chi connectivity index (χ2n) is 8.23. The Kier molecular flexibility index (Phi) is 5.07. The molecule has 4 rings (SSSR count). The predicted molar refractivity (Wildman–Crippen MR) is 122 cm³/mol. The summed E-state index contributed by atoms with van der Waals surface area (Å²) in [5, 5.41) is 21.3. The summed E-state index contributed by atoms with van der Waals surface area (Å²) in [6, 6.07) is 17.5. The second kappa shape index (κ2) is 7.54. The van der Waals surface area contributed by atoms with Gasteiger partial charge >= 0.3 is 0 Å². The van der Waals surface area contributed by atoms with Crippen molar-refractivity contribution in [2.75, 3.05) is 5.32 Å². The Morgan fingerprint density at radius 3 is 2.45 bits per heavy atom. The second-order valence-corrected chi connectivity index (χ2v) is 8.66. The SMILES string of the molecule is CC(C)(C)NCc1cc(Nc2ccnc3cc(Cl)ccc23)c2ccccc2c1O. The van der Waals surface area contributed by atoms with Crippen LogP contribution in [0.15, 0.2) is 60.8 Å². The largest absolute Gasteiger partial charge is 0.507 e. The Bertz CT molecular complexity index is 1200. The summed E-state index contributed by atoms with van der Waals surface area (Å²) >= 11 is 6.12. The van der Waals surface area contributed by atoms with E-state index in [-0.39, 0.29) is 5.54 Å². The molecule has 5 heteroatoms. The van der Waals surface area contributed by atoms with Crippen LogP contribution in [0.4, 0.5) is 11.4 Å². The Hall–Kier alpha value is -2.82. The highest BCUT2D eigenvalue weighted by Crippen LogP contribution is 2.37. The van der Waals surface area contributed by atoms with Crippen LogP contribution < -0.4 is 10.6 Å². The molecule has 0 aliphatic heterocycles. The average molecular weight is 406 g/mol. The predicted octanol–water partition coefficient (Wildman–Crippen LogP) is 6.38. The number of pyridine rings is 1. The molecule has 4 nitrogen and oxygen atoms in total. The van der Waals surface area contributed by atoms with Crippen LogP contribution in [0.25, 0.3) is 21.7 Å². The van der Waals surface area contributed by atoms with Crippen LogP contribution in [0.3, 0.4) is 0 Å². The zero-order valence-electron chi connectivity index (χ0n) is 16.8. The number of rotatable bonds is 4. The molecule has 0 saturated carbocycles. The monoisotopic (exact) mass is 405 g/mol. The summed E-state index contributed by atoms with van der Waals surface area (Å²) in [5.41, 5.74) is 3.51. The van der Waals surface area contributed by atoms with E-state index in [9.17, 15) is 5.11 Å². The summed E-state index contributed by atoms with van der Waals surface area (Å²) in [6.45, 7) is 6.90. The van der Waals surface area contributed by atoms with Gasteiger partial charge in [-0.2, -0.15) is 0 Å². The maximum atomic E-state index is 10.8. The first-order valence-electron chi connectivity index (χ1n) is 9.62. The first kappa shape index (κ1) is 19.5. The molecule has 0 atom stereocenters. The topological polar surface area (TPSA) is 57.2 Å². The minimum Gasteiger partial charge on any atom is -0.507 e. The molecule has 0 bridgehead atoms. The van der Waals surface area contributed by atoms with Crippen molar-refractivity contribution in [3.63, 3.8) is 0 Å². The fourth-order valence-electron chi connectivity index (χ4n) is 3.39. The van der Waals surface area contributed by atoms with Gasteiger partial charge in [0.05, 0.1) is 5.52 Å². The zero-order valence-corrected chi connectivity index (χ0v) is 17.5. The third-order valence-electron chi connectivity index (χ3n) is 4.88. The Morgan fingerprint density at radius 1 is 0.931 bits per heavy atom. The number of halogens is 1. The van der Waals surface area contributed by atoms with Gasteiger partial charge in [-0.15, -0.1) is 0 Å². The van der Waals surface area contributed by atoms with Gasteiger partial charge < -0.3 is 15.7 Å². The van der Waals surface area contributed by atoms with Crippen molar-refractivity contribution in [3.8, 4) is 5.75 Å². The summed E-state index contributed by atoms with van der Waals surface area (Å²) in [6.07, 6.45) is 1.77. The van der Waals surface area contributed by atoms with Crippen molar-refractivity contribution >= 4 is 44.7 Å². The number of fused-ring (bicyclic) bond motifs is 2. The lowest BCUT2D eigenvalue weighted by Crippen LogP contribution is -2.35. The molecular formula is C24H24ClN3O. The highest BCUT2D eigenvalue weighted by atomic mass is 35.5. The summed E-state index contributed by atoms with van der Waals surface area (Å²) in [5.74, 6) is 0.314. The fourth-order valence-corrected chi connectivity index (χ4v) is 3.56. The molecule has 3 N–H and O–H groups in total. The molecule has 148 valence electrons. The van der Waals surface area contributed by atoms with Gasteiger partial charge in [0.1, 0.15) is 5.75 Å². The van der Waals surface area contributed by atoms with Crippen molar-refractivity contribution in [2.24, 2.45) is 0 Å². The van der Waals surface area contributed by atoms with Gasteiger partial charge in [0.25, 0.3) is 0 Å². The van der Waals surface area contributed by atoms with Gasteiger partial charge in [-0.3, -0.25) is 4.98 Å². The van der Waals surface area contributed by atoms with Crippen LogP contribution in [-0.4, -0.2) is 15.6 Å². The molecule has 4 aromatic rings. The normalized spacial score (nSPS) is 11.9. The zero-order chi connectivity index (χ0) is 20.6. The molecule has 0 amide bonds. The summed E-state index contributed by atoms with van der Waals surface area (Å²) in [7, 11) is 0. The molecule has 0 unspecified atom stereocenters. The van der Waals surface area contributed by atoms with Crippen molar-refractivity contribution < 1.29 is 5.11 Å². The van der Waals surface area contributed by atoms with E-state index in [0.717, 1.165) is 38.6 Å². The maximum Gasteiger partial charge on any atom is 0.128 e. The van der Waals surface area contributed by atoms with E-state index in [0.29, 0.717) is 17.3 Å². The number of nitrogens with one attached hydrogen (secondary N) is 2. The number of nitrogens with zero attached hydrogens (tertiary/aromatic N) is 1. The lowest BCUT2D eigenvalue weighted by atomic mass is 10.0. The van der Waals surface area contributed by atoms with E-state index in [2.05, 4.69) is 36.4 Å². The molecule has 0 aliphatic rings. The minimum atomic E-state index is -0.0494. The lowest BCUT2D eigenvalue weighted by Gasteiger charge is -2.22. The molecule has 0 saturated heterocycles. The number of benzene rings is 3. The van der Waals surface area contributed by atoms with Crippen molar-refractivity contribution in [1.82, 2.24) is 10.3 Å². The van der Waals surface area contributed by atoms with Crippen molar-refractivity contribution in [3.05, 3.63) is 71.4 Å². The first-order chi connectivity index (χ1) is 13.8. The van der Waals surface area contributed by atoms with Crippen LogP contribution in [0.1, 0.15) is 26.3 Å². The summed E-state index contributed by atoms with van der Waals surface area (Å²) < 4.78 is 0. The molecule has 0 spiro atoms. The van der Waals surface area contributed by atoms with Gasteiger partial charge in [0.15, 0.2) is 0 Å². The third-order valence-corrected chi connectivity index (χ3v) is 5.11. The number of hydrogen-bond donors (Lipinski definition) is 3. The number of hydrogen-bond acceptors (Lipinski definition) is 4. The van der Waals surface area contributed by atoms with E-state index >= 15 is 0 Å². The number of anilines is 2. The number of phenolic OH excluding ortho intramolecular Hbond substituents is 1. The number of phenols is 1. The van der Waals surface area contributed by atoms with Gasteiger partial charge in [0, 0.05) is 56.4 Å². The highest BCUT2D eigenvalue weighted by Gasteiger charge is 2.15. The van der Waals surface area contributed by atoms with E-state index in [4.69, 9.17) is 11.6 Å². The van der Waals surface area contributed by atoms with Gasteiger partial charge in [-0.25, -0.2) is 0 Å². The van der Waals surface area contributed by atoms with Crippen LogP contribution in [0.2, 0.25) is 5.02 Å². The van der Waals surface area contributed by atoms with Crippen LogP contribution in [0.5, 0.6) is 5.75 Å². The molecule has 29 heavy (non-hydrogen) atoms. The quantitative estimate of drug-likeness (QED) is 0.345. The fraction of sp³-hybridized carbons (Fsp3) is 0.208. The number of aromatic hydroxyl groups is 1. The molecule has 1 aromatic heterocycles. The molecule has 3 aromatic carbocycles. The lowest BCUT2D eigenvalue weighted by molar-refractivity contribution is 0.413.